The summed E-state index contributed by atoms with van der Waals surface area (Å²) in [5.41, 5.74) is 1.51. The summed E-state index contributed by atoms with van der Waals surface area (Å²) in [5, 5.41) is 13.9. The van der Waals surface area contributed by atoms with Crippen LogP contribution < -0.4 is 10.6 Å². The molecule has 0 aliphatic heterocycles. The fourth-order valence-electron chi connectivity index (χ4n) is 3.54. The topological polar surface area (TPSA) is 123 Å². The number of esters is 1. The highest BCUT2D eigenvalue weighted by atomic mass is 32.2. The molecule has 0 aromatic carbocycles. The van der Waals surface area contributed by atoms with E-state index >= 15 is 0 Å². The lowest BCUT2D eigenvalue weighted by atomic mass is 10.1. The molecule has 4 rings (SSSR count). The lowest BCUT2D eigenvalue weighted by molar-refractivity contribution is -0.115. The van der Waals surface area contributed by atoms with Crippen LogP contribution in [0.25, 0.3) is 0 Å². The van der Waals surface area contributed by atoms with Crippen LogP contribution in [0, 0.1) is 0 Å². The molecular weight excluding hydrogens is 496 g/mol. The van der Waals surface area contributed by atoms with Crippen LogP contribution in [-0.4, -0.2) is 39.8 Å². The van der Waals surface area contributed by atoms with Crippen molar-refractivity contribution in [2.75, 3.05) is 17.2 Å². The molecule has 1 unspecified atom stereocenters. The Kier molecular flexibility index (Phi) is 8.01. The number of carbonyl (C=O) groups is 3. The largest absolute Gasteiger partial charge is 0.462 e. The van der Waals surface area contributed by atoms with Crippen LogP contribution in [-0.2, 0) is 22.4 Å². The van der Waals surface area contributed by atoms with Gasteiger partial charge in [0, 0.05) is 4.88 Å². The molecule has 1 aliphatic rings. The van der Waals surface area contributed by atoms with Crippen LogP contribution in [0.4, 0.5) is 10.1 Å². The first-order valence-electron chi connectivity index (χ1n) is 10.9. The van der Waals surface area contributed by atoms with Gasteiger partial charge in [0.2, 0.25) is 11.0 Å². The summed E-state index contributed by atoms with van der Waals surface area (Å²) in [6.07, 6.45) is 6.36. The SMILES string of the molecule is CCOC(=O)c1c(NC(=O)C(C)Sc2nnc(NC(=O)c3ccco3)s2)sc2c1CCCCC2. The zero-order valence-electron chi connectivity index (χ0n) is 18.7. The monoisotopic (exact) mass is 520 g/mol. The number of amides is 2. The number of thiophene rings is 1. The fourth-order valence-corrected chi connectivity index (χ4v) is 6.71. The minimum absolute atomic E-state index is 0.170. The first-order chi connectivity index (χ1) is 16.5. The smallest absolute Gasteiger partial charge is 0.341 e. The number of nitrogens with zero attached hydrogens (tertiary/aromatic N) is 2. The van der Waals surface area contributed by atoms with Crippen molar-refractivity contribution in [2.24, 2.45) is 0 Å². The number of furan rings is 1. The third-order valence-electron chi connectivity index (χ3n) is 5.16. The van der Waals surface area contributed by atoms with E-state index in [9.17, 15) is 14.4 Å². The second-order valence-electron chi connectivity index (χ2n) is 7.54. The lowest BCUT2D eigenvalue weighted by Gasteiger charge is -2.11. The highest BCUT2D eigenvalue weighted by Gasteiger charge is 2.28. The molecule has 0 bridgehead atoms. The van der Waals surface area contributed by atoms with E-state index in [-0.39, 0.29) is 18.3 Å². The van der Waals surface area contributed by atoms with Crippen molar-refractivity contribution in [2.45, 2.75) is 55.5 Å². The van der Waals surface area contributed by atoms with E-state index in [1.807, 2.05) is 0 Å². The molecule has 2 N–H and O–H groups in total. The summed E-state index contributed by atoms with van der Waals surface area (Å²) in [6, 6.07) is 3.17. The number of rotatable bonds is 8. The zero-order valence-corrected chi connectivity index (χ0v) is 21.2. The fraction of sp³-hybridized carbons (Fsp3) is 0.409. The maximum atomic E-state index is 13.0. The molecule has 0 saturated heterocycles. The van der Waals surface area contributed by atoms with Crippen LogP contribution in [0.15, 0.2) is 27.2 Å². The number of aromatic nitrogens is 2. The number of carbonyl (C=O) groups excluding carboxylic acids is 3. The van der Waals surface area contributed by atoms with Gasteiger partial charge in [-0.3, -0.25) is 14.9 Å². The molecule has 2 amide bonds. The molecule has 0 saturated carbocycles. The Morgan fingerprint density at radius 1 is 1.18 bits per heavy atom. The van der Waals surface area contributed by atoms with Crippen LogP contribution in [0.5, 0.6) is 0 Å². The Morgan fingerprint density at radius 2 is 2.00 bits per heavy atom. The predicted molar refractivity (Wildman–Crippen MR) is 132 cm³/mol. The number of aryl methyl sites for hydroxylation is 1. The van der Waals surface area contributed by atoms with Gasteiger partial charge < -0.3 is 14.5 Å². The Morgan fingerprint density at radius 3 is 2.76 bits per heavy atom. The van der Waals surface area contributed by atoms with Crippen LogP contribution >= 0.6 is 34.4 Å². The van der Waals surface area contributed by atoms with Gasteiger partial charge in [-0.25, -0.2) is 4.79 Å². The first-order valence-corrected chi connectivity index (χ1v) is 13.4. The van der Waals surface area contributed by atoms with Crippen molar-refractivity contribution in [3.8, 4) is 0 Å². The third kappa shape index (κ3) is 5.68. The number of ether oxygens (including phenoxy) is 1. The highest BCUT2D eigenvalue weighted by molar-refractivity contribution is 8.02. The molecule has 3 aromatic heterocycles. The van der Waals surface area contributed by atoms with Gasteiger partial charge in [0.1, 0.15) is 5.00 Å². The molecule has 0 radical (unpaired) electrons. The molecule has 180 valence electrons. The Labute approximate surface area is 208 Å². The van der Waals surface area contributed by atoms with Gasteiger partial charge in [-0.2, -0.15) is 0 Å². The molecule has 1 atom stereocenters. The maximum Gasteiger partial charge on any atom is 0.341 e. The van der Waals surface area contributed by atoms with Crippen molar-refractivity contribution >= 4 is 62.4 Å². The van der Waals surface area contributed by atoms with Crippen molar-refractivity contribution in [3.05, 3.63) is 40.2 Å². The maximum absolute atomic E-state index is 13.0. The molecule has 0 fully saturated rings. The molecule has 34 heavy (non-hydrogen) atoms. The average Bonchev–Trinajstić information content (AvgIpc) is 3.52. The van der Waals surface area contributed by atoms with Gasteiger partial charge in [-0.05, 0) is 57.2 Å². The van der Waals surface area contributed by atoms with E-state index in [0.717, 1.165) is 42.5 Å². The summed E-state index contributed by atoms with van der Waals surface area (Å²) < 4.78 is 10.9. The Bertz CT molecular complexity index is 1170. The van der Waals surface area contributed by atoms with Crippen LogP contribution in [0.3, 0.4) is 0 Å². The van der Waals surface area contributed by atoms with Gasteiger partial charge in [-0.15, -0.1) is 21.5 Å². The van der Waals surface area contributed by atoms with E-state index in [1.54, 1.807) is 26.0 Å². The van der Waals surface area contributed by atoms with Crippen LogP contribution in [0.1, 0.15) is 64.5 Å². The van der Waals surface area contributed by atoms with Crippen LogP contribution in [0.2, 0.25) is 0 Å². The first kappa shape index (κ1) is 24.4. The molecule has 12 heteroatoms. The van der Waals surface area contributed by atoms with E-state index < -0.39 is 17.1 Å². The van der Waals surface area contributed by atoms with Crippen molar-refractivity contribution in [1.82, 2.24) is 10.2 Å². The van der Waals surface area contributed by atoms with Gasteiger partial charge in [0.15, 0.2) is 10.1 Å². The second-order valence-corrected chi connectivity index (χ2v) is 11.2. The minimum Gasteiger partial charge on any atom is -0.462 e. The molecule has 9 nitrogen and oxygen atoms in total. The van der Waals surface area contributed by atoms with E-state index in [0.29, 0.717) is 20.0 Å². The van der Waals surface area contributed by atoms with E-state index in [1.165, 1.54) is 40.7 Å². The highest BCUT2D eigenvalue weighted by Crippen LogP contribution is 2.38. The Balaban J connectivity index is 1.42. The normalized spacial score (nSPS) is 14.1. The quantitative estimate of drug-likeness (QED) is 0.184. The van der Waals surface area contributed by atoms with Crippen molar-refractivity contribution < 1.29 is 23.5 Å². The van der Waals surface area contributed by atoms with Gasteiger partial charge >= 0.3 is 5.97 Å². The summed E-state index contributed by atoms with van der Waals surface area (Å²) >= 11 is 3.86. The number of hydrogen-bond donors (Lipinski definition) is 2. The number of nitrogens with one attached hydrogen (secondary N) is 2. The molecule has 3 aromatic rings. The third-order valence-corrected chi connectivity index (χ3v) is 8.39. The number of anilines is 2. The molecule has 3 heterocycles. The van der Waals surface area contributed by atoms with Gasteiger partial charge in [-0.1, -0.05) is 29.5 Å². The summed E-state index contributed by atoms with van der Waals surface area (Å²) in [4.78, 5) is 38.9. The number of thioether (sulfide) groups is 1. The number of fused-ring (bicyclic) bond motifs is 1. The van der Waals surface area contributed by atoms with E-state index in [2.05, 4.69) is 20.8 Å². The predicted octanol–water partition coefficient (Wildman–Crippen LogP) is 5.01. The standard InChI is InChI=1S/C22H24N4O5S3/c1-3-30-20(29)16-13-8-5-4-6-10-15(13)33-19(16)23-17(27)12(2)32-22-26-25-21(34-22)24-18(28)14-9-7-11-31-14/h7,9,11-12H,3-6,8,10H2,1-2H3,(H,23,27)(H,24,25,28). The number of hydrogen-bond acceptors (Lipinski definition) is 10. The zero-order chi connectivity index (χ0) is 24.1. The second kappa shape index (κ2) is 11.2. The summed E-state index contributed by atoms with van der Waals surface area (Å²) in [5.74, 6) is -0.891. The molecular formula is C22H24N4O5S3. The van der Waals surface area contributed by atoms with E-state index in [4.69, 9.17) is 9.15 Å². The summed E-state index contributed by atoms with van der Waals surface area (Å²) in [6.45, 7) is 3.80. The minimum atomic E-state index is -0.501. The van der Waals surface area contributed by atoms with Crippen molar-refractivity contribution in [1.29, 1.82) is 0 Å². The van der Waals surface area contributed by atoms with Gasteiger partial charge in [0.05, 0.1) is 23.7 Å². The summed E-state index contributed by atoms with van der Waals surface area (Å²) in [7, 11) is 0. The van der Waals surface area contributed by atoms with Gasteiger partial charge in [0.25, 0.3) is 5.91 Å². The average molecular weight is 521 g/mol. The molecule has 0 spiro atoms. The Hall–Kier alpha value is -2.70. The van der Waals surface area contributed by atoms with Crippen molar-refractivity contribution in [3.63, 3.8) is 0 Å². The lowest BCUT2D eigenvalue weighted by Crippen LogP contribution is -2.23. The molecule has 1 aliphatic carbocycles.